The second kappa shape index (κ2) is 7.13. The summed E-state index contributed by atoms with van der Waals surface area (Å²) in [4.78, 5) is 23.6. The Balaban J connectivity index is 2.22. The average molecular weight is 387 g/mol. The third-order valence-electron chi connectivity index (χ3n) is 4.23. The third kappa shape index (κ3) is 3.72. The first-order valence-corrected chi connectivity index (χ1v) is 11.0. The highest BCUT2D eigenvalue weighted by atomic mass is 31.2. The summed E-state index contributed by atoms with van der Waals surface area (Å²) in [5.74, 6) is -0.368. The van der Waals surface area contributed by atoms with E-state index < -0.39 is 13.0 Å². The molecule has 0 saturated carbocycles. The van der Waals surface area contributed by atoms with Gasteiger partial charge in [0.25, 0.3) is 5.91 Å². The van der Waals surface area contributed by atoms with E-state index in [2.05, 4.69) is 20.3 Å². The van der Waals surface area contributed by atoms with E-state index in [9.17, 15) is 14.5 Å². The Bertz CT molecular complexity index is 1060. The number of rotatable bonds is 6. The number of aliphatic hydroxyl groups excluding tert-OH is 1. The Morgan fingerprint density at radius 2 is 2.15 bits per heavy atom. The molecule has 9 heteroatoms. The van der Waals surface area contributed by atoms with Crippen LogP contribution in [0.15, 0.2) is 30.6 Å². The zero-order chi connectivity index (χ0) is 19.8. The number of nitrogens with two attached hydrogens (primary N) is 1. The molecule has 0 saturated heterocycles. The number of aliphatic hydroxyl groups is 1. The van der Waals surface area contributed by atoms with E-state index in [1.165, 1.54) is 6.20 Å². The number of hydrogen-bond donors (Lipinski definition) is 4. The first-order chi connectivity index (χ1) is 12.7. The number of nitrogens with zero attached hydrogens (tertiary/aromatic N) is 2. The van der Waals surface area contributed by atoms with Gasteiger partial charge in [-0.2, -0.15) is 0 Å². The van der Waals surface area contributed by atoms with E-state index in [-0.39, 0.29) is 24.2 Å². The number of amides is 1. The van der Waals surface area contributed by atoms with E-state index in [0.717, 1.165) is 16.2 Å². The van der Waals surface area contributed by atoms with Crippen molar-refractivity contribution in [3.05, 3.63) is 36.2 Å². The molecule has 0 fully saturated rings. The van der Waals surface area contributed by atoms with Gasteiger partial charge in [-0.25, -0.2) is 9.97 Å². The highest BCUT2D eigenvalue weighted by molar-refractivity contribution is 7.70. The molecule has 3 aromatic rings. The zero-order valence-electron chi connectivity index (χ0n) is 15.4. The normalized spacial score (nSPS) is 12.9. The number of H-pyrrole nitrogens is 1. The van der Waals surface area contributed by atoms with Gasteiger partial charge < -0.3 is 25.7 Å². The van der Waals surface area contributed by atoms with Gasteiger partial charge in [-0.1, -0.05) is 12.1 Å². The van der Waals surface area contributed by atoms with Crippen LogP contribution in [0.4, 0.5) is 5.95 Å². The number of nitrogens with one attached hydrogen (secondary N) is 2. The number of primary amides is 1. The topological polar surface area (TPSA) is 134 Å². The van der Waals surface area contributed by atoms with Crippen molar-refractivity contribution < 1.29 is 14.5 Å². The lowest BCUT2D eigenvalue weighted by molar-refractivity contribution is 0.100. The van der Waals surface area contributed by atoms with Crippen molar-refractivity contribution >= 4 is 35.2 Å². The van der Waals surface area contributed by atoms with Crippen LogP contribution in [-0.2, 0) is 4.57 Å². The number of carbonyl (C=O) groups excluding carboxylic acids is 1. The molecule has 0 aliphatic heterocycles. The molecule has 1 atom stereocenters. The fourth-order valence-electron chi connectivity index (χ4n) is 2.89. The van der Waals surface area contributed by atoms with Gasteiger partial charge in [-0.15, -0.1) is 0 Å². The molecule has 0 aliphatic carbocycles. The molecule has 1 amide bonds. The fraction of sp³-hybridized carbons (Fsp3) is 0.278. The average Bonchev–Trinajstić information content (AvgIpc) is 3.04. The Hall–Kier alpha value is -2.70. The second-order valence-electron chi connectivity index (χ2n) is 6.80. The van der Waals surface area contributed by atoms with Crippen LogP contribution in [0.3, 0.4) is 0 Å². The van der Waals surface area contributed by atoms with E-state index in [1.54, 1.807) is 26.5 Å². The van der Waals surface area contributed by atoms with Gasteiger partial charge >= 0.3 is 0 Å². The lowest BCUT2D eigenvalue weighted by Gasteiger charge is -2.13. The molecule has 27 heavy (non-hydrogen) atoms. The molecule has 0 aliphatic rings. The van der Waals surface area contributed by atoms with Gasteiger partial charge in [0.05, 0.1) is 23.4 Å². The number of fused-ring (bicyclic) bond motifs is 1. The summed E-state index contributed by atoms with van der Waals surface area (Å²) in [5, 5.41) is 13.7. The summed E-state index contributed by atoms with van der Waals surface area (Å²) in [7, 11) is -2.50. The molecule has 0 spiro atoms. The van der Waals surface area contributed by atoms with E-state index in [1.807, 2.05) is 18.2 Å². The van der Waals surface area contributed by atoms with Crippen LogP contribution >= 0.6 is 7.14 Å². The number of aromatic nitrogens is 3. The number of aromatic amines is 1. The van der Waals surface area contributed by atoms with Crippen LogP contribution < -0.4 is 16.4 Å². The molecular weight excluding hydrogens is 365 g/mol. The maximum absolute atomic E-state index is 12.6. The van der Waals surface area contributed by atoms with Gasteiger partial charge in [0.15, 0.2) is 0 Å². The molecule has 0 bridgehead atoms. The SMILES string of the molecule is C[C@@H](CO)Nc1ncc(C(N)=O)c(-c2c[nH]c3c(P(C)(C)=O)cccc23)n1. The second-order valence-corrected chi connectivity index (χ2v) is 9.98. The molecule has 3 rings (SSSR count). The smallest absolute Gasteiger partial charge is 0.252 e. The number of para-hydroxylation sites is 1. The molecule has 8 nitrogen and oxygen atoms in total. The lowest BCUT2D eigenvalue weighted by atomic mass is 10.1. The summed E-state index contributed by atoms with van der Waals surface area (Å²) in [6.45, 7) is 5.11. The van der Waals surface area contributed by atoms with Crippen molar-refractivity contribution in [1.29, 1.82) is 0 Å². The van der Waals surface area contributed by atoms with Crippen molar-refractivity contribution in [3.63, 3.8) is 0 Å². The highest BCUT2D eigenvalue weighted by Gasteiger charge is 2.21. The van der Waals surface area contributed by atoms with Gasteiger partial charge in [-0.3, -0.25) is 4.79 Å². The summed E-state index contributed by atoms with van der Waals surface area (Å²) in [6.07, 6.45) is 3.09. The first kappa shape index (κ1) is 19.1. The summed E-state index contributed by atoms with van der Waals surface area (Å²) >= 11 is 0. The Morgan fingerprint density at radius 3 is 2.78 bits per heavy atom. The molecule has 0 unspecified atom stereocenters. The van der Waals surface area contributed by atoms with Crippen LogP contribution in [-0.4, -0.2) is 51.9 Å². The van der Waals surface area contributed by atoms with Gasteiger partial charge in [-0.05, 0) is 26.3 Å². The first-order valence-electron chi connectivity index (χ1n) is 8.42. The molecule has 142 valence electrons. The van der Waals surface area contributed by atoms with Crippen LogP contribution in [0, 0.1) is 0 Å². The molecule has 0 radical (unpaired) electrons. The van der Waals surface area contributed by atoms with E-state index in [0.29, 0.717) is 11.3 Å². The minimum Gasteiger partial charge on any atom is -0.394 e. The molecule has 2 heterocycles. The maximum Gasteiger partial charge on any atom is 0.252 e. The molecule has 5 N–H and O–H groups in total. The van der Waals surface area contributed by atoms with Crippen LogP contribution in [0.5, 0.6) is 0 Å². The van der Waals surface area contributed by atoms with Crippen LogP contribution in [0.2, 0.25) is 0 Å². The fourth-order valence-corrected chi connectivity index (χ4v) is 4.05. The van der Waals surface area contributed by atoms with E-state index in [4.69, 9.17) is 5.73 Å². The predicted octanol–water partition coefficient (Wildman–Crippen LogP) is 1.76. The van der Waals surface area contributed by atoms with E-state index >= 15 is 0 Å². The highest BCUT2D eigenvalue weighted by Crippen LogP contribution is 2.39. The minimum absolute atomic E-state index is 0.0883. The summed E-state index contributed by atoms with van der Waals surface area (Å²) in [6, 6.07) is 5.27. The number of benzene rings is 1. The van der Waals surface area contributed by atoms with Crippen molar-refractivity contribution in [2.45, 2.75) is 13.0 Å². The summed E-state index contributed by atoms with van der Waals surface area (Å²) in [5.41, 5.74) is 7.47. The van der Waals surface area contributed by atoms with Gasteiger partial charge in [0.2, 0.25) is 5.95 Å². The summed E-state index contributed by atoms with van der Waals surface area (Å²) < 4.78 is 12.6. The Labute approximate surface area is 156 Å². The number of carbonyl (C=O) groups is 1. The number of hydrogen-bond acceptors (Lipinski definition) is 6. The largest absolute Gasteiger partial charge is 0.394 e. The Morgan fingerprint density at radius 1 is 1.41 bits per heavy atom. The molecule has 2 aromatic heterocycles. The van der Waals surface area contributed by atoms with Crippen molar-refractivity contribution in [1.82, 2.24) is 15.0 Å². The van der Waals surface area contributed by atoms with Crippen molar-refractivity contribution in [3.8, 4) is 11.3 Å². The molecule has 1 aromatic carbocycles. The molecular formula is C18H22N5O3P. The van der Waals surface area contributed by atoms with Gasteiger partial charge in [0, 0.05) is 34.7 Å². The standard InChI is InChI=1S/C18H22N5O3P/c1-10(9-24)22-18-21-8-13(17(19)25)15(23-18)12-7-20-16-11(12)5-4-6-14(16)27(2,3)26/h4-8,10,20,24H,9H2,1-3H3,(H2,19,25)(H,21,22,23)/t10-/m0/s1. The zero-order valence-corrected chi connectivity index (χ0v) is 16.2. The van der Waals surface area contributed by atoms with Crippen LogP contribution in [0.1, 0.15) is 17.3 Å². The minimum atomic E-state index is -2.50. The maximum atomic E-state index is 12.6. The van der Waals surface area contributed by atoms with Crippen LogP contribution in [0.25, 0.3) is 22.2 Å². The predicted molar refractivity (Wildman–Crippen MR) is 107 cm³/mol. The number of anilines is 1. The van der Waals surface area contributed by atoms with Crippen molar-refractivity contribution in [2.75, 3.05) is 25.3 Å². The van der Waals surface area contributed by atoms with Gasteiger partial charge in [0.1, 0.15) is 7.14 Å². The van der Waals surface area contributed by atoms with Crippen molar-refractivity contribution in [2.24, 2.45) is 5.73 Å². The Kier molecular flexibility index (Phi) is 5.04. The monoisotopic (exact) mass is 387 g/mol. The third-order valence-corrected chi connectivity index (χ3v) is 5.77. The quantitative estimate of drug-likeness (QED) is 0.476. The lowest BCUT2D eigenvalue weighted by Crippen LogP contribution is -2.22.